The van der Waals surface area contributed by atoms with Crippen LogP contribution in [0.15, 0.2) is 18.2 Å². The Hall–Kier alpha value is -0.860. The first-order chi connectivity index (χ1) is 8.61. The van der Waals surface area contributed by atoms with E-state index in [2.05, 4.69) is 43.9 Å². The van der Waals surface area contributed by atoms with Crippen molar-refractivity contribution in [3.63, 3.8) is 0 Å². The van der Waals surface area contributed by atoms with Crippen LogP contribution >= 0.6 is 0 Å². The lowest BCUT2D eigenvalue weighted by Gasteiger charge is -2.37. The minimum absolute atomic E-state index is 0.407. The molecular weight excluding hydrogens is 220 g/mol. The van der Waals surface area contributed by atoms with Crippen LogP contribution < -0.4 is 5.73 Å². The molecule has 2 unspecified atom stereocenters. The average molecular weight is 246 g/mol. The summed E-state index contributed by atoms with van der Waals surface area (Å²) in [5, 5.41) is 0. The lowest BCUT2D eigenvalue weighted by atomic mass is 9.90. The number of benzene rings is 1. The van der Waals surface area contributed by atoms with Gasteiger partial charge in [0.1, 0.15) is 0 Å². The highest BCUT2D eigenvalue weighted by Crippen LogP contribution is 2.22. The van der Waals surface area contributed by atoms with E-state index < -0.39 is 0 Å². The zero-order chi connectivity index (χ0) is 13.1. The van der Waals surface area contributed by atoms with E-state index >= 15 is 0 Å². The first-order valence-electron chi connectivity index (χ1n) is 7.14. The first-order valence-corrected chi connectivity index (χ1v) is 7.14. The third-order valence-electron chi connectivity index (χ3n) is 4.43. The van der Waals surface area contributed by atoms with Crippen molar-refractivity contribution in [2.24, 2.45) is 11.7 Å². The average Bonchev–Trinajstić information content (AvgIpc) is 2.36. The van der Waals surface area contributed by atoms with Gasteiger partial charge in [0, 0.05) is 19.1 Å². The van der Waals surface area contributed by atoms with Crippen LogP contribution in [0.4, 0.5) is 0 Å². The number of nitrogens with zero attached hydrogens (tertiary/aromatic N) is 1. The summed E-state index contributed by atoms with van der Waals surface area (Å²) in [7, 11) is 0. The summed E-state index contributed by atoms with van der Waals surface area (Å²) < 4.78 is 0. The van der Waals surface area contributed by atoms with Gasteiger partial charge in [-0.1, -0.05) is 31.5 Å². The third kappa shape index (κ3) is 2.93. The van der Waals surface area contributed by atoms with E-state index in [1.807, 2.05) is 0 Å². The van der Waals surface area contributed by atoms with Crippen LogP contribution in [0.25, 0.3) is 0 Å². The van der Waals surface area contributed by atoms with Crippen LogP contribution in [0, 0.1) is 19.8 Å². The molecule has 1 saturated heterocycles. The van der Waals surface area contributed by atoms with Crippen molar-refractivity contribution in [1.82, 2.24) is 4.90 Å². The Labute approximate surface area is 111 Å². The highest BCUT2D eigenvalue weighted by atomic mass is 15.1. The number of piperidine rings is 1. The van der Waals surface area contributed by atoms with Crippen molar-refractivity contribution in [3.05, 3.63) is 34.9 Å². The van der Waals surface area contributed by atoms with Gasteiger partial charge in [0.15, 0.2) is 0 Å². The fourth-order valence-electron chi connectivity index (χ4n) is 3.02. The van der Waals surface area contributed by atoms with Crippen LogP contribution in [0.5, 0.6) is 0 Å². The Morgan fingerprint density at radius 1 is 1.28 bits per heavy atom. The number of aryl methyl sites for hydroxylation is 2. The molecule has 2 rings (SSSR count). The molecule has 2 heteroatoms. The second kappa shape index (κ2) is 5.85. The molecule has 2 nitrogen and oxygen atoms in total. The number of rotatable bonds is 3. The predicted molar refractivity (Wildman–Crippen MR) is 77.6 cm³/mol. The molecule has 2 atom stereocenters. The minimum atomic E-state index is 0.407. The molecule has 0 aliphatic carbocycles. The zero-order valence-corrected chi connectivity index (χ0v) is 11.9. The lowest BCUT2D eigenvalue weighted by Crippen LogP contribution is -2.46. The second-order valence-corrected chi connectivity index (χ2v) is 5.73. The maximum atomic E-state index is 6.18. The molecule has 0 radical (unpaired) electrons. The van der Waals surface area contributed by atoms with Gasteiger partial charge in [0.05, 0.1) is 0 Å². The fourth-order valence-corrected chi connectivity index (χ4v) is 3.02. The highest BCUT2D eigenvalue weighted by molar-refractivity contribution is 5.33. The predicted octanol–water partition coefficient (Wildman–Crippen LogP) is 2.86. The Morgan fingerprint density at radius 2 is 1.94 bits per heavy atom. The SMILES string of the molecule is CCC1CN(Cc2c(C)cccc2C)CCC1N. The van der Waals surface area contributed by atoms with E-state index in [9.17, 15) is 0 Å². The molecule has 0 bridgehead atoms. The summed E-state index contributed by atoms with van der Waals surface area (Å²) in [4.78, 5) is 2.58. The van der Waals surface area contributed by atoms with Crippen LogP contribution in [-0.4, -0.2) is 24.0 Å². The molecule has 1 aliphatic heterocycles. The molecule has 1 heterocycles. The molecule has 1 fully saturated rings. The van der Waals surface area contributed by atoms with E-state index in [-0.39, 0.29) is 0 Å². The van der Waals surface area contributed by atoms with Crippen molar-refractivity contribution >= 4 is 0 Å². The van der Waals surface area contributed by atoms with Gasteiger partial charge in [-0.2, -0.15) is 0 Å². The summed E-state index contributed by atoms with van der Waals surface area (Å²) in [6.07, 6.45) is 2.34. The number of hydrogen-bond acceptors (Lipinski definition) is 2. The Bertz CT molecular complexity index is 380. The van der Waals surface area contributed by atoms with Crippen LogP contribution in [0.1, 0.15) is 36.5 Å². The topological polar surface area (TPSA) is 29.3 Å². The van der Waals surface area contributed by atoms with Gasteiger partial charge in [-0.25, -0.2) is 0 Å². The smallest absolute Gasteiger partial charge is 0.0239 e. The molecule has 0 spiro atoms. The quantitative estimate of drug-likeness (QED) is 0.888. The molecule has 0 aromatic heterocycles. The fraction of sp³-hybridized carbons (Fsp3) is 0.625. The molecule has 100 valence electrons. The van der Waals surface area contributed by atoms with E-state index in [0.717, 1.165) is 26.1 Å². The molecule has 1 aliphatic rings. The van der Waals surface area contributed by atoms with E-state index in [0.29, 0.717) is 12.0 Å². The number of hydrogen-bond donors (Lipinski definition) is 1. The Kier molecular flexibility index (Phi) is 4.41. The summed E-state index contributed by atoms with van der Waals surface area (Å²) >= 11 is 0. The van der Waals surface area contributed by atoms with Crippen LogP contribution in [-0.2, 0) is 6.54 Å². The van der Waals surface area contributed by atoms with Gasteiger partial charge in [-0.3, -0.25) is 4.90 Å². The summed E-state index contributed by atoms with van der Waals surface area (Å²) in [5.41, 5.74) is 10.5. The summed E-state index contributed by atoms with van der Waals surface area (Å²) in [5.74, 6) is 0.670. The number of nitrogens with two attached hydrogens (primary N) is 1. The van der Waals surface area contributed by atoms with Gasteiger partial charge < -0.3 is 5.73 Å². The zero-order valence-electron chi connectivity index (χ0n) is 11.9. The van der Waals surface area contributed by atoms with E-state index in [1.165, 1.54) is 23.1 Å². The van der Waals surface area contributed by atoms with Crippen molar-refractivity contribution in [2.75, 3.05) is 13.1 Å². The Morgan fingerprint density at radius 3 is 2.56 bits per heavy atom. The molecular formula is C16H26N2. The van der Waals surface area contributed by atoms with Gasteiger partial charge in [-0.15, -0.1) is 0 Å². The summed E-state index contributed by atoms with van der Waals surface area (Å²) in [6.45, 7) is 10.1. The van der Waals surface area contributed by atoms with Crippen molar-refractivity contribution in [1.29, 1.82) is 0 Å². The molecule has 2 N–H and O–H groups in total. The number of likely N-dealkylation sites (tertiary alicyclic amines) is 1. The molecule has 1 aromatic carbocycles. The maximum Gasteiger partial charge on any atom is 0.0239 e. The van der Waals surface area contributed by atoms with Gasteiger partial charge in [-0.05, 0) is 49.4 Å². The maximum absolute atomic E-state index is 6.18. The van der Waals surface area contributed by atoms with Crippen LogP contribution in [0.3, 0.4) is 0 Å². The van der Waals surface area contributed by atoms with Gasteiger partial charge in [0.2, 0.25) is 0 Å². The van der Waals surface area contributed by atoms with Gasteiger partial charge in [0.25, 0.3) is 0 Å². The monoisotopic (exact) mass is 246 g/mol. The van der Waals surface area contributed by atoms with Crippen molar-refractivity contribution in [2.45, 2.75) is 46.2 Å². The normalized spacial score (nSPS) is 25.3. The lowest BCUT2D eigenvalue weighted by molar-refractivity contribution is 0.145. The minimum Gasteiger partial charge on any atom is -0.327 e. The van der Waals surface area contributed by atoms with E-state index in [4.69, 9.17) is 5.73 Å². The molecule has 1 aromatic rings. The van der Waals surface area contributed by atoms with Gasteiger partial charge >= 0.3 is 0 Å². The van der Waals surface area contributed by atoms with Crippen molar-refractivity contribution < 1.29 is 0 Å². The third-order valence-corrected chi connectivity index (χ3v) is 4.43. The standard InChI is InChI=1S/C16H26N2/c1-4-14-10-18(9-8-16(14)17)11-15-12(2)6-5-7-13(15)3/h5-7,14,16H,4,8-11,17H2,1-3H3. The van der Waals surface area contributed by atoms with Crippen molar-refractivity contribution in [3.8, 4) is 0 Å². The highest BCUT2D eigenvalue weighted by Gasteiger charge is 2.25. The Balaban J connectivity index is 2.06. The first kappa shape index (κ1) is 13.6. The molecule has 18 heavy (non-hydrogen) atoms. The largest absolute Gasteiger partial charge is 0.327 e. The van der Waals surface area contributed by atoms with E-state index in [1.54, 1.807) is 0 Å². The second-order valence-electron chi connectivity index (χ2n) is 5.73. The molecule has 0 saturated carbocycles. The van der Waals surface area contributed by atoms with Crippen LogP contribution in [0.2, 0.25) is 0 Å². The summed E-state index contributed by atoms with van der Waals surface area (Å²) in [6, 6.07) is 6.99. The molecule has 0 amide bonds.